The van der Waals surface area contributed by atoms with Crippen LogP contribution in [0.3, 0.4) is 0 Å². The molecule has 0 fully saturated rings. The minimum atomic E-state index is 0.589. The van der Waals surface area contributed by atoms with E-state index in [1.54, 1.807) is 13.2 Å². The molecule has 0 saturated heterocycles. The second-order valence-corrected chi connectivity index (χ2v) is 3.34. The highest BCUT2D eigenvalue weighted by atomic mass is 16.5. The van der Waals surface area contributed by atoms with Crippen molar-refractivity contribution >= 4 is 5.82 Å². The molecule has 0 amide bonds. The molecule has 4 heteroatoms. The molecule has 0 saturated carbocycles. The zero-order chi connectivity index (χ0) is 10.4. The number of aromatic nitrogens is 2. The summed E-state index contributed by atoms with van der Waals surface area (Å²) in [5.74, 6) is 2.06. The molecule has 14 heavy (non-hydrogen) atoms. The highest BCUT2D eigenvalue weighted by Crippen LogP contribution is 2.11. The molecule has 0 spiro atoms. The summed E-state index contributed by atoms with van der Waals surface area (Å²) in [6, 6.07) is 1.79. The lowest BCUT2D eigenvalue weighted by atomic mass is 10.1. The number of rotatable bonds is 5. The molecule has 0 aliphatic rings. The van der Waals surface area contributed by atoms with Crippen LogP contribution in [-0.4, -0.2) is 23.6 Å². The molecule has 78 valence electrons. The first-order chi connectivity index (χ1) is 6.76. The molecular weight excluding hydrogens is 178 g/mol. The predicted octanol–water partition coefficient (Wildman–Crippen LogP) is 1.94. The van der Waals surface area contributed by atoms with Gasteiger partial charge in [0.05, 0.1) is 7.11 Å². The van der Waals surface area contributed by atoms with Gasteiger partial charge in [0.25, 0.3) is 0 Å². The van der Waals surface area contributed by atoms with Gasteiger partial charge in [-0.2, -0.15) is 0 Å². The summed E-state index contributed by atoms with van der Waals surface area (Å²) in [5.41, 5.74) is 0. The summed E-state index contributed by atoms with van der Waals surface area (Å²) in [6.45, 7) is 5.30. The number of nitrogens with zero attached hydrogens (tertiary/aromatic N) is 2. The van der Waals surface area contributed by atoms with E-state index < -0.39 is 0 Å². The Morgan fingerprint density at radius 3 is 2.93 bits per heavy atom. The standard InChI is InChI=1S/C10H17N3O/c1-4-8(2)6-11-9-5-10(14-3)13-7-12-9/h5,7-8H,4,6H2,1-3H3,(H,11,12,13). The predicted molar refractivity (Wildman–Crippen MR) is 56.5 cm³/mol. The monoisotopic (exact) mass is 195 g/mol. The second-order valence-electron chi connectivity index (χ2n) is 3.34. The van der Waals surface area contributed by atoms with Crippen molar-refractivity contribution in [3.05, 3.63) is 12.4 Å². The average Bonchev–Trinajstić information content (AvgIpc) is 2.26. The van der Waals surface area contributed by atoms with E-state index in [1.165, 1.54) is 6.33 Å². The van der Waals surface area contributed by atoms with Gasteiger partial charge in [-0.05, 0) is 5.92 Å². The van der Waals surface area contributed by atoms with Crippen molar-refractivity contribution in [1.29, 1.82) is 0 Å². The van der Waals surface area contributed by atoms with Crippen LogP contribution in [0.4, 0.5) is 5.82 Å². The first kappa shape index (κ1) is 10.8. The van der Waals surface area contributed by atoms with Gasteiger partial charge in [-0.25, -0.2) is 9.97 Å². The van der Waals surface area contributed by atoms with Crippen LogP contribution in [0.5, 0.6) is 5.88 Å². The minimum absolute atomic E-state index is 0.589. The molecule has 4 nitrogen and oxygen atoms in total. The third-order valence-corrected chi connectivity index (χ3v) is 2.18. The average molecular weight is 195 g/mol. The van der Waals surface area contributed by atoms with E-state index in [-0.39, 0.29) is 0 Å². The Kier molecular flexibility index (Phi) is 4.16. The topological polar surface area (TPSA) is 47.0 Å². The van der Waals surface area contributed by atoms with Crippen LogP contribution in [0.2, 0.25) is 0 Å². The summed E-state index contributed by atoms with van der Waals surface area (Å²) in [4.78, 5) is 8.02. The summed E-state index contributed by atoms with van der Waals surface area (Å²) in [7, 11) is 1.60. The van der Waals surface area contributed by atoms with Gasteiger partial charge in [0.15, 0.2) is 0 Å². The third-order valence-electron chi connectivity index (χ3n) is 2.18. The lowest BCUT2D eigenvalue weighted by Crippen LogP contribution is -2.11. The molecule has 1 atom stereocenters. The zero-order valence-corrected chi connectivity index (χ0v) is 8.95. The van der Waals surface area contributed by atoms with Crippen molar-refractivity contribution in [2.45, 2.75) is 20.3 Å². The Balaban J connectivity index is 2.50. The highest BCUT2D eigenvalue weighted by molar-refractivity contribution is 5.36. The lowest BCUT2D eigenvalue weighted by molar-refractivity contribution is 0.397. The first-order valence-corrected chi connectivity index (χ1v) is 4.86. The van der Waals surface area contributed by atoms with E-state index in [1.807, 2.05) is 0 Å². The SMILES string of the molecule is CCC(C)CNc1cc(OC)ncn1. The van der Waals surface area contributed by atoms with Gasteiger partial charge in [0.1, 0.15) is 12.1 Å². The molecule has 0 aliphatic carbocycles. The van der Waals surface area contributed by atoms with Crippen molar-refractivity contribution in [2.24, 2.45) is 5.92 Å². The Morgan fingerprint density at radius 1 is 1.50 bits per heavy atom. The number of ether oxygens (including phenoxy) is 1. The Hall–Kier alpha value is -1.32. The van der Waals surface area contributed by atoms with Crippen molar-refractivity contribution in [3.63, 3.8) is 0 Å². The van der Waals surface area contributed by atoms with Crippen LogP contribution < -0.4 is 10.1 Å². The molecule has 0 aliphatic heterocycles. The second kappa shape index (κ2) is 5.42. The van der Waals surface area contributed by atoms with Crippen molar-refractivity contribution < 1.29 is 4.74 Å². The lowest BCUT2D eigenvalue weighted by Gasteiger charge is -2.10. The third kappa shape index (κ3) is 3.20. The van der Waals surface area contributed by atoms with E-state index in [4.69, 9.17) is 4.74 Å². The zero-order valence-electron chi connectivity index (χ0n) is 8.95. The maximum absolute atomic E-state index is 5.00. The molecule has 1 N–H and O–H groups in total. The number of nitrogens with one attached hydrogen (secondary N) is 1. The normalized spacial score (nSPS) is 12.2. The summed E-state index contributed by atoms with van der Waals surface area (Å²) >= 11 is 0. The largest absolute Gasteiger partial charge is 0.481 e. The van der Waals surface area contributed by atoms with Crippen LogP contribution in [0, 0.1) is 5.92 Å². The van der Waals surface area contributed by atoms with Crippen LogP contribution in [0.1, 0.15) is 20.3 Å². The van der Waals surface area contributed by atoms with Gasteiger partial charge in [-0.3, -0.25) is 0 Å². The molecule has 1 aromatic heterocycles. The molecule has 1 unspecified atom stereocenters. The molecule has 1 heterocycles. The van der Waals surface area contributed by atoms with Crippen LogP contribution in [0.15, 0.2) is 12.4 Å². The van der Waals surface area contributed by atoms with Crippen LogP contribution >= 0.6 is 0 Å². The maximum atomic E-state index is 5.00. The summed E-state index contributed by atoms with van der Waals surface area (Å²) in [6.07, 6.45) is 2.66. The fraction of sp³-hybridized carbons (Fsp3) is 0.600. The number of hydrogen-bond donors (Lipinski definition) is 1. The molecular formula is C10H17N3O. The fourth-order valence-corrected chi connectivity index (χ4v) is 0.971. The minimum Gasteiger partial charge on any atom is -0.481 e. The van der Waals surface area contributed by atoms with Crippen molar-refractivity contribution in [1.82, 2.24) is 9.97 Å². The van der Waals surface area contributed by atoms with Crippen LogP contribution in [-0.2, 0) is 0 Å². The number of anilines is 1. The van der Waals surface area contributed by atoms with Gasteiger partial charge >= 0.3 is 0 Å². The Morgan fingerprint density at radius 2 is 2.29 bits per heavy atom. The first-order valence-electron chi connectivity index (χ1n) is 4.86. The van der Waals surface area contributed by atoms with E-state index >= 15 is 0 Å². The summed E-state index contributed by atoms with van der Waals surface area (Å²) in [5, 5.41) is 3.24. The van der Waals surface area contributed by atoms with Crippen molar-refractivity contribution in [2.75, 3.05) is 19.0 Å². The van der Waals surface area contributed by atoms with E-state index in [0.29, 0.717) is 11.8 Å². The Bertz CT molecular complexity index is 278. The van der Waals surface area contributed by atoms with E-state index in [0.717, 1.165) is 18.8 Å². The molecule has 0 radical (unpaired) electrons. The molecule has 0 bridgehead atoms. The summed E-state index contributed by atoms with van der Waals surface area (Å²) < 4.78 is 5.00. The molecule has 1 rings (SSSR count). The highest BCUT2D eigenvalue weighted by Gasteiger charge is 2.00. The maximum Gasteiger partial charge on any atom is 0.218 e. The van der Waals surface area contributed by atoms with E-state index in [9.17, 15) is 0 Å². The molecule has 1 aromatic rings. The van der Waals surface area contributed by atoms with Gasteiger partial charge in [0, 0.05) is 12.6 Å². The van der Waals surface area contributed by atoms with Gasteiger partial charge in [0.2, 0.25) is 5.88 Å². The fourth-order valence-electron chi connectivity index (χ4n) is 0.971. The van der Waals surface area contributed by atoms with Gasteiger partial charge in [-0.15, -0.1) is 0 Å². The van der Waals surface area contributed by atoms with Crippen LogP contribution in [0.25, 0.3) is 0 Å². The van der Waals surface area contributed by atoms with Crippen molar-refractivity contribution in [3.8, 4) is 5.88 Å². The molecule has 0 aromatic carbocycles. The number of methoxy groups -OCH3 is 1. The van der Waals surface area contributed by atoms with E-state index in [2.05, 4.69) is 29.1 Å². The quantitative estimate of drug-likeness (QED) is 0.780. The Labute approximate surface area is 84.7 Å². The number of hydrogen-bond acceptors (Lipinski definition) is 4. The van der Waals surface area contributed by atoms with Gasteiger partial charge < -0.3 is 10.1 Å². The van der Waals surface area contributed by atoms with Gasteiger partial charge in [-0.1, -0.05) is 20.3 Å². The smallest absolute Gasteiger partial charge is 0.218 e.